The molecule has 1 aromatic carbocycles. The molecule has 0 fully saturated rings. The molecule has 19 N–H and O–H groups in total. The number of aliphatic imine (C=N–C) groups is 1. The number of rotatable bonds is 36. The third-order valence-corrected chi connectivity index (χ3v) is 11.8. The normalized spacial score (nSPS) is 14.1. The van der Waals surface area contributed by atoms with Gasteiger partial charge in [-0.05, 0) is 113 Å². The summed E-state index contributed by atoms with van der Waals surface area (Å²) in [5.41, 5.74) is 29.5. The number of unbranched alkanes of at least 4 members (excludes halogenated alkanes) is 2. The van der Waals surface area contributed by atoms with Gasteiger partial charge in [-0.2, -0.15) is 0 Å². The highest BCUT2D eigenvalue weighted by molar-refractivity contribution is 5.98. The molecule has 1 rings (SSSR count). The Kier molecular flexibility index (Phi) is 31.0. The number of nitrogens with one attached hydrogen (secondary N) is 9. The molecule has 0 saturated heterocycles. The molecule has 0 radical (unpaired) electrons. The van der Waals surface area contributed by atoms with Gasteiger partial charge < -0.3 is 71.2 Å². The highest BCUT2D eigenvalue weighted by atomic mass is 16.2. The third kappa shape index (κ3) is 26.5. The van der Waals surface area contributed by atoms with Crippen LogP contribution in [0.25, 0.3) is 0 Å². The van der Waals surface area contributed by atoms with Crippen molar-refractivity contribution in [2.24, 2.45) is 57.3 Å². The minimum absolute atomic E-state index is 0.0106. The maximum absolute atomic E-state index is 14.4. The summed E-state index contributed by atoms with van der Waals surface area (Å²) in [6.07, 6.45) is 3.36. The van der Waals surface area contributed by atoms with Gasteiger partial charge in [-0.25, -0.2) is 0 Å². The molecule has 0 aliphatic rings. The predicted molar refractivity (Wildman–Crippen MR) is 287 cm³/mol. The topological polar surface area (TPSA) is 399 Å². The van der Waals surface area contributed by atoms with E-state index in [0.717, 1.165) is 5.56 Å². The van der Waals surface area contributed by atoms with Crippen molar-refractivity contribution in [2.45, 2.75) is 182 Å². The summed E-state index contributed by atoms with van der Waals surface area (Å²) in [4.78, 5) is 114. The lowest BCUT2D eigenvalue weighted by atomic mass is 9.98. The van der Waals surface area contributed by atoms with Crippen LogP contribution in [0.4, 0.5) is 0 Å². The molecular weight excluding hydrogens is 951 g/mol. The first-order chi connectivity index (χ1) is 34.8. The number of nitrogens with two attached hydrogens (primary N) is 5. The van der Waals surface area contributed by atoms with E-state index in [1.165, 1.54) is 6.92 Å². The highest BCUT2D eigenvalue weighted by Gasteiger charge is 2.35. The Hall–Kier alpha value is -6.36. The van der Waals surface area contributed by atoms with E-state index in [0.29, 0.717) is 50.8 Å². The van der Waals surface area contributed by atoms with Crippen LogP contribution in [0.15, 0.2) is 29.3 Å². The fraction of sp³-hybridized carbons (Fsp3) is 0.686. The number of guanidine groups is 1. The van der Waals surface area contributed by atoms with Crippen molar-refractivity contribution < 1.29 is 38.4 Å². The van der Waals surface area contributed by atoms with Gasteiger partial charge in [-0.1, -0.05) is 79.7 Å². The largest absolute Gasteiger partial charge is 0.384 e. The van der Waals surface area contributed by atoms with Crippen LogP contribution < -0.4 is 71.2 Å². The number of carbonyl (C=O) groups is 8. The molecule has 0 saturated carbocycles. The lowest BCUT2D eigenvalue weighted by Crippen LogP contribution is -2.60. The first-order valence-corrected chi connectivity index (χ1v) is 26.1. The number of hydrogen-bond acceptors (Lipinski definition) is 12. The Bertz CT molecular complexity index is 1990. The zero-order chi connectivity index (χ0) is 56.1. The highest BCUT2D eigenvalue weighted by Crippen LogP contribution is 2.14. The third-order valence-electron chi connectivity index (χ3n) is 11.8. The molecule has 74 heavy (non-hydrogen) atoms. The van der Waals surface area contributed by atoms with E-state index in [4.69, 9.17) is 34.1 Å². The molecule has 1 aromatic rings. The van der Waals surface area contributed by atoms with Crippen molar-refractivity contribution in [3.05, 3.63) is 35.4 Å². The molecule has 7 atom stereocenters. The van der Waals surface area contributed by atoms with Gasteiger partial charge in [-0.3, -0.25) is 48.8 Å². The standard InChI is InChI=1S/C51H91N15O8/c1-29(2)25-39(60-33(9)67)47(71)64-41(27-31(5)6)49(73)65-40(26-30(3)4)48(72)62-37(16-11-13-23-53)45(69)61-38(17-14-24-58-51(56)57)46(70)66-42(32(7)8)50(74)63-36(15-10-12-22-52)44(68)59-28-34-18-20-35(21-19-34)43(54)55/h18-21,29-32,36-42H,10-17,22-28,52-53H2,1-9H3,(H3,54,55)(H,59,68)(H,60,67)(H,61,69)(H,62,72)(H,63,74)(H,64,71)(H,65,73)(H,66,70)(H4,56,57,58)/t36-,37-,38-,39-,40-,41-,42-/m0/s1. The summed E-state index contributed by atoms with van der Waals surface area (Å²) in [6, 6.07) is -0.938. The Morgan fingerprint density at radius 2 is 0.878 bits per heavy atom. The fourth-order valence-corrected chi connectivity index (χ4v) is 7.90. The van der Waals surface area contributed by atoms with Gasteiger partial charge in [0.05, 0.1) is 0 Å². The molecule has 418 valence electrons. The first kappa shape index (κ1) is 65.7. The molecule has 8 amide bonds. The van der Waals surface area contributed by atoms with Crippen molar-refractivity contribution in [3.63, 3.8) is 0 Å². The number of nitrogen functional groups attached to an aromatic ring is 1. The van der Waals surface area contributed by atoms with E-state index in [1.54, 1.807) is 38.1 Å². The lowest BCUT2D eigenvalue weighted by molar-refractivity contribution is -0.136. The van der Waals surface area contributed by atoms with E-state index in [2.05, 4.69) is 47.5 Å². The van der Waals surface area contributed by atoms with Crippen LogP contribution in [0, 0.1) is 29.1 Å². The Balaban J connectivity index is 3.49. The second-order valence-corrected chi connectivity index (χ2v) is 20.5. The average molecular weight is 1040 g/mol. The second kappa shape index (κ2) is 34.9. The van der Waals surface area contributed by atoms with E-state index in [9.17, 15) is 38.4 Å². The number of amidine groups is 1. The summed E-state index contributed by atoms with van der Waals surface area (Å²) in [6.45, 7) is 17.0. The van der Waals surface area contributed by atoms with Gasteiger partial charge in [0.2, 0.25) is 47.3 Å². The lowest BCUT2D eigenvalue weighted by Gasteiger charge is -2.29. The van der Waals surface area contributed by atoms with Crippen LogP contribution in [-0.2, 0) is 44.9 Å². The van der Waals surface area contributed by atoms with E-state index >= 15 is 0 Å². The molecule has 0 aromatic heterocycles. The summed E-state index contributed by atoms with van der Waals surface area (Å²) >= 11 is 0. The minimum Gasteiger partial charge on any atom is -0.384 e. The van der Waals surface area contributed by atoms with Crippen molar-refractivity contribution in [3.8, 4) is 0 Å². The molecule has 0 aliphatic heterocycles. The summed E-state index contributed by atoms with van der Waals surface area (Å²) in [5, 5.41) is 29.9. The zero-order valence-electron chi connectivity index (χ0n) is 45.4. The van der Waals surface area contributed by atoms with Crippen molar-refractivity contribution >= 4 is 59.1 Å². The van der Waals surface area contributed by atoms with Crippen LogP contribution in [0.1, 0.15) is 144 Å². The molecule has 0 aliphatic carbocycles. The maximum Gasteiger partial charge on any atom is 0.243 e. The number of nitrogens with zero attached hydrogens (tertiary/aromatic N) is 1. The van der Waals surface area contributed by atoms with Crippen LogP contribution in [-0.4, -0.2) is 121 Å². The van der Waals surface area contributed by atoms with Gasteiger partial charge in [-0.15, -0.1) is 0 Å². The number of amides is 8. The average Bonchev–Trinajstić information content (AvgIpc) is 3.31. The molecule has 0 heterocycles. The zero-order valence-corrected chi connectivity index (χ0v) is 45.4. The van der Waals surface area contributed by atoms with Crippen LogP contribution in [0.2, 0.25) is 0 Å². The van der Waals surface area contributed by atoms with Gasteiger partial charge in [0.1, 0.15) is 48.1 Å². The predicted octanol–water partition coefficient (Wildman–Crippen LogP) is 0.106. The van der Waals surface area contributed by atoms with Crippen molar-refractivity contribution in [1.82, 2.24) is 42.5 Å². The van der Waals surface area contributed by atoms with E-state index in [-0.39, 0.29) is 81.2 Å². The summed E-state index contributed by atoms with van der Waals surface area (Å²) in [5.74, 6) is -5.64. The SMILES string of the molecule is CC(=O)N[C@@H](CC(C)C)C(=O)N[C@@H](CC(C)C)C(=O)N[C@@H](CC(C)C)C(=O)N[C@@H](CCCCN)C(=O)N[C@@H](CCCN=C(N)N)C(=O)N[C@H](C(=O)N[C@@H](CCCCN)C(=O)NCc1ccc(C(=N)N)cc1)C(C)C. The molecular formula is C51H91N15O8. The van der Waals surface area contributed by atoms with Crippen LogP contribution >= 0.6 is 0 Å². The fourth-order valence-electron chi connectivity index (χ4n) is 7.90. The van der Waals surface area contributed by atoms with Gasteiger partial charge in [0, 0.05) is 25.6 Å². The number of hydrogen-bond donors (Lipinski definition) is 14. The Labute approximate surface area is 438 Å². The quantitative estimate of drug-likeness (QED) is 0.0241. The van der Waals surface area contributed by atoms with Gasteiger partial charge in [0.25, 0.3) is 0 Å². The number of carbonyl (C=O) groups excluding carboxylic acids is 8. The molecule has 0 spiro atoms. The summed E-state index contributed by atoms with van der Waals surface area (Å²) < 4.78 is 0. The maximum atomic E-state index is 14.4. The second-order valence-electron chi connectivity index (χ2n) is 20.5. The minimum atomic E-state index is -1.26. The summed E-state index contributed by atoms with van der Waals surface area (Å²) in [7, 11) is 0. The monoisotopic (exact) mass is 1040 g/mol. The van der Waals surface area contributed by atoms with Crippen molar-refractivity contribution in [2.75, 3.05) is 19.6 Å². The molecule has 23 heteroatoms. The van der Waals surface area contributed by atoms with Gasteiger partial charge in [0.15, 0.2) is 5.96 Å². The van der Waals surface area contributed by atoms with E-state index < -0.39 is 95.5 Å². The van der Waals surface area contributed by atoms with E-state index in [1.807, 2.05) is 41.5 Å². The smallest absolute Gasteiger partial charge is 0.243 e. The Morgan fingerprint density at radius 3 is 1.27 bits per heavy atom. The van der Waals surface area contributed by atoms with Crippen LogP contribution in [0.3, 0.4) is 0 Å². The molecule has 0 bridgehead atoms. The first-order valence-electron chi connectivity index (χ1n) is 26.1. The van der Waals surface area contributed by atoms with Crippen LogP contribution in [0.5, 0.6) is 0 Å². The number of benzene rings is 1. The van der Waals surface area contributed by atoms with Crippen molar-refractivity contribution in [1.29, 1.82) is 5.41 Å². The van der Waals surface area contributed by atoms with Gasteiger partial charge >= 0.3 is 0 Å². The molecule has 0 unspecified atom stereocenters. The molecule has 23 nitrogen and oxygen atoms in total. The Morgan fingerprint density at radius 1 is 0.500 bits per heavy atom.